The van der Waals surface area contributed by atoms with E-state index in [0.29, 0.717) is 28.2 Å². The fourth-order valence-electron chi connectivity index (χ4n) is 3.24. The van der Waals surface area contributed by atoms with Crippen LogP contribution >= 0.6 is 0 Å². The Morgan fingerprint density at radius 1 is 1.16 bits per heavy atom. The number of non-ortho nitro benzene ring substituents is 1. The van der Waals surface area contributed by atoms with Crippen molar-refractivity contribution < 1.29 is 9.34 Å². The van der Waals surface area contributed by atoms with Gasteiger partial charge >= 0.3 is 0 Å². The van der Waals surface area contributed by atoms with E-state index < -0.39 is 4.92 Å². The number of nitrogens with zero attached hydrogens (tertiary/aromatic N) is 5. The Morgan fingerprint density at radius 2 is 2.06 bits per heavy atom. The van der Waals surface area contributed by atoms with Crippen LogP contribution in [0.25, 0.3) is 33.4 Å². The van der Waals surface area contributed by atoms with E-state index in [2.05, 4.69) is 30.7 Å². The number of aryl methyl sites for hydroxylation is 1. The van der Waals surface area contributed by atoms with Crippen LogP contribution in [0.3, 0.4) is 0 Å². The molecule has 5 aromatic rings. The van der Waals surface area contributed by atoms with E-state index >= 15 is 0 Å². The van der Waals surface area contributed by atoms with Crippen molar-refractivity contribution in [1.82, 2.24) is 20.2 Å². The number of aromatic amines is 1. The van der Waals surface area contributed by atoms with Gasteiger partial charge in [0.25, 0.3) is 11.6 Å². The Hall–Kier alpha value is -4.60. The highest BCUT2D eigenvalue weighted by atomic mass is 16.6. The Bertz CT molecular complexity index is 1470. The van der Waals surface area contributed by atoms with Crippen molar-refractivity contribution in [2.24, 2.45) is 5.10 Å². The summed E-state index contributed by atoms with van der Waals surface area (Å²) >= 11 is 0. The smallest absolute Gasteiger partial charge is 0.270 e. The average molecular weight is 413 g/mol. The fourth-order valence-corrected chi connectivity index (χ4v) is 3.24. The molecule has 0 saturated heterocycles. The highest BCUT2D eigenvalue weighted by Crippen LogP contribution is 2.26. The number of benzene rings is 2. The summed E-state index contributed by atoms with van der Waals surface area (Å²) in [5, 5.41) is 24.3. The molecular weight excluding hydrogens is 398 g/mol. The summed E-state index contributed by atoms with van der Waals surface area (Å²) in [6, 6.07) is 15.7. The number of fused-ring (bicyclic) bond motifs is 3. The number of nitro benzene ring substituents is 1. The first kappa shape index (κ1) is 18.4. The maximum atomic E-state index is 10.9. The van der Waals surface area contributed by atoms with Gasteiger partial charge in [0.2, 0.25) is 0 Å². The summed E-state index contributed by atoms with van der Waals surface area (Å²) in [6.45, 7) is 2.02. The molecule has 0 radical (unpaired) electrons. The molecule has 0 atom stereocenters. The van der Waals surface area contributed by atoms with E-state index in [4.69, 9.17) is 4.42 Å². The summed E-state index contributed by atoms with van der Waals surface area (Å²) < 4.78 is 5.69. The minimum Gasteiger partial charge on any atom is -0.455 e. The lowest BCUT2D eigenvalue weighted by molar-refractivity contribution is -0.384. The molecule has 0 saturated carbocycles. The number of nitro groups is 1. The van der Waals surface area contributed by atoms with Crippen LogP contribution in [-0.2, 0) is 0 Å². The second-order valence-corrected chi connectivity index (χ2v) is 6.89. The van der Waals surface area contributed by atoms with E-state index in [1.807, 2.05) is 25.1 Å². The minimum atomic E-state index is -0.447. The summed E-state index contributed by atoms with van der Waals surface area (Å²) in [6.07, 6.45) is 1.46. The van der Waals surface area contributed by atoms with Crippen molar-refractivity contribution in [2.75, 3.05) is 5.43 Å². The quantitative estimate of drug-likeness (QED) is 0.247. The number of nitrogens with one attached hydrogen (secondary N) is 2. The molecule has 152 valence electrons. The van der Waals surface area contributed by atoms with E-state index in [0.717, 1.165) is 16.5 Å². The lowest BCUT2D eigenvalue weighted by Gasteiger charge is -1.97. The van der Waals surface area contributed by atoms with Crippen molar-refractivity contribution in [1.29, 1.82) is 0 Å². The number of H-pyrrole nitrogens is 1. The normalized spacial score (nSPS) is 11.5. The van der Waals surface area contributed by atoms with Gasteiger partial charge in [0.15, 0.2) is 5.65 Å². The first-order valence-corrected chi connectivity index (χ1v) is 9.33. The number of aromatic nitrogens is 4. The average Bonchev–Trinajstić information content (AvgIpc) is 3.38. The summed E-state index contributed by atoms with van der Waals surface area (Å²) in [4.78, 5) is 18.1. The molecule has 10 nitrogen and oxygen atoms in total. The fraction of sp³-hybridized carbons (Fsp3) is 0.0476. The standard InChI is InChI=1S/C21H15N7O3/c1-12-5-7-17-16(9-12)19-20(23-17)24-21(27-25-19)26-22-11-15-6-8-18(31-15)13-3-2-4-14(10-13)28(29)30/h2-11H,1H3,(H2,23,24,26,27)/b22-11+. The van der Waals surface area contributed by atoms with Crippen LogP contribution in [0.15, 0.2) is 64.1 Å². The lowest BCUT2D eigenvalue weighted by atomic mass is 10.1. The third kappa shape index (κ3) is 3.57. The van der Waals surface area contributed by atoms with Crippen molar-refractivity contribution >= 4 is 39.9 Å². The molecule has 31 heavy (non-hydrogen) atoms. The first-order valence-electron chi connectivity index (χ1n) is 9.33. The number of rotatable bonds is 5. The SMILES string of the molecule is Cc1ccc2[nH]c3nc(N/N=C/c4ccc(-c5cccc([N+](=O)[O-])c5)o4)nnc3c2c1. The molecule has 2 aromatic carbocycles. The molecule has 0 aliphatic carbocycles. The molecule has 0 bridgehead atoms. The van der Waals surface area contributed by atoms with Crippen molar-refractivity contribution in [2.45, 2.75) is 6.92 Å². The number of furan rings is 1. The maximum Gasteiger partial charge on any atom is 0.270 e. The third-order valence-corrected chi connectivity index (χ3v) is 4.69. The lowest BCUT2D eigenvalue weighted by Crippen LogP contribution is -1.98. The van der Waals surface area contributed by atoms with Gasteiger partial charge in [-0.3, -0.25) is 10.1 Å². The van der Waals surface area contributed by atoms with Gasteiger partial charge in [-0.05, 0) is 31.2 Å². The minimum absolute atomic E-state index is 0.00189. The third-order valence-electron chi connectivity index (χ3n) is 4.69. The molecule has 0 fully saturated rings. The highest BCUT2D eigenvalue weighted by Gasteiger charge is 2.11. The molecule has 2 N–H and O–H groups in total. The second-order valence-electron chi connectivity index (χ2n) is 6.89. The topological polar surface area (TPSA) is 135 Å². The van der Waals surface area contributed by atoms with Gasteiger partial charge in [-0.2, -0.15) is 10.1 Å². The van der Waals surface area contributed by atoms with Crippen molar-refractivity contribution in [3.63, 3.8) is 0 Å². The first-order chi connectivity index (χ1) is 15.1. The van der Waals surface area contributed by atoms with Gasteiger partial charge in [0.05, 0.1) is 11.1 Å². The predicted octanol–water partition coefficient (Wildman–Crippen LogP) is 4.43. The van der Waals surface area contributed by atoms with E-state index in [1.54, 1.807) is 24.3 Å². The molecule has 0 unspecified atom stereocenters. The zero-order chi connectivity index (χ0) is 21.4. The van der Waals surface area contributed by atoms with Crippen LogP contribution in [0, 0.1) is 17.0 Å². The second kappa shape index (κ2) is 7.34. The number of hydrogen-bond acceptors (Lipinski definition) is 8. The molecule has 5 rings (SSSR count). The molecule has 10 heteroatoms. The van der Waals surface area contributed by atoms with Crippen molar-refractivity contribution in [3.05, 3.63) is 76.0 Å². The van der Waals surface area contributed by atoms with Gasteiger partial charge in [-0.15, -0.1) is 10.2 Å². The molecule has 0 aliphatic rings. The van der Waals surface area contributed by atoms with Gasteiger partial charge in [-0.25, -0.2) is 5.43 Å². The van der Waals surface area contributed by atoms with E-state index in [-0.39, 0.29) is 11.6 Å². The molecule has 3 aromatic heterocycles. The van der Waals surface area contributed by atoms with Gasteiger partial charge in [0, 0.05) is 28.6 Å². The Kier molecular flexibility index (Phi) is 4.36. The highest BCUT2D eigenvalue weighted by molar-refractivity contribution is 6.03. The Morgan fingerprint density at radius 3 is 2.94 bits per heavy atom. The van der Waals surface area contributed by atoms with Gasteiger partial charge in [0.1, 0.15) is 17.0 Å². The van der Waals surface area contributed by atoms with Gasteiger partial charge < -0.3 is 9.40 Å². The number of hydrazone groups is 1. The zero-order valence-corrected chi connectivity index (χ0v) is 16.2. The van der Waals surface area contributed by atoms with Crippen LogP contribution in [0.5, 0.6) is 0 Å². The van der Waals surface area contributed by atoms with Gasteiger partial charge in [-0.1, -0.05) is 23.8 Å². The monoisotopic (exact) mass is 413 g/mol. The molecule has 0 amide bonds. The van der Waals surface area contributed by atoms with Crippen LogP contribution in [0.1, 0.15) is 11.3 Å². The number of anilines is 1. The summed E-state index contributed by atoms with van der Waals surface area (Å²) in [7, 11) is 0. The largest absolute Gasteiger partial charge is 0.455 e. The maximum absolute atomic E-state index is 10.9. The molecule has 3 heterocycles. The zero-order valence-electron chi connectivity index (χ0n) is 16.2. The Balaban J connectivity index is 1.34. The Labute approximate surface area is 174 Å². The van der Waals surface area contributed by atoms with Crippen LogP contribution in [0.2, 0.25) is 0 Å². The van der Waals surface area contributed by atoms with Crippen LogP contribution < -0.4 is 5.43 Å². The van der Waals surface area contributed by atoms with Crippen molar-refractivity contribution in [3.8, 4) is 11.3 Å². The summed E-state index contributed by atoms with van der Waals surface area (Å²) in [5.41, 5.74) is 6.71. The predicted molar refractivity (Wildman–Crippen MR) is 116 cm³/mol. The number of hydrogen-bond donors (Lipinski definition) is 2. The van der Waals surface area contributed by atoms with E-state index in [1.165, 1.54) is 18.3 Å². The molecule has 0 aliphatic heterocycles. The molecule has 0 spiro atoms. The van der Waals surface area contributed by atoms with Crippen LogP contribution in [-0.4, -0.2) is 31.3 Å². The van der Waals surface area contributed by atoms with Crippen LogP contribution in [0.4, 0.5) is 11.6 Å². The molecular formula is C21H15N7O3. The van der Waals surface area contributed by atoms with E-state index in [9.17, 15) is 10.1 Å². The summed E-state index contributed by atoms with van der Waals surface area (Å²) in [5.74, 6) is 1.19.